The van der Waals surface area contributed by atoms with Crippen LogP contribution in [0.1, 0.15) is 58.8 Å². The van der Waals surface area contributed by atoms with Crippen LogP contribution < -0.4 is 0 Å². The third-order valence-corrected chi connectivity index (χ3v) is 6.46. The minimum absolute atomic E-state index is 0.149. The first kappa shape index (κ1) is 26.4. The average molecular weight is 554 g/mol. The minimum Gasteiger partial charge on any atom is -0.462 e. The summed E-state index contributed by atoms with van der Waals surface area (Å²) in [5, 5.41) is 0. The normalized spacial score (nSPS) is 29.4. The molecule has 1 fully saturated rings. The molecule has 0 bridgehead atoms. The van der Waals surface area contributed by atoms with Gasteiger partial charge in [0.05, 0.1) is 6.10 Å². The summed E-state index contributed by atoms with van der Waals surface area (Å²) in [6, 6.07) is 0. The van der Waals surface area contributed by atoms with Crippen molar-refractivity contribution < 1.29 is 32.6 Å². The fourth-order valence-electron chi connectivity index (χ4n) is 4.16. The molecule has 0 amide bonds. The van der Waals surface area contributed by atoms with Gasteiger partial charge >= 0.3 is 11.9 Å². The Labute approximate surface area is 197 Å². The van der Waals surface area contributed by atoms with Crippen molar-refractivity contribution in [1.82, 2.24) is 0 Å². The van der Waals surface area contributed by atoms with Gasteiger partial charge in [0.25, 0.3) is 0 Å². The molecule has 0 radical (unpaired) electrons. The van der Waals surface area contributed by atoms with Gasteiger partial charge in [0.1, 0.15) is 6.10 Å². The second-order valence-corrected chi connectivity index (χ2v) is 9.10. The van der Waals surface area contributed by atoms with Gasteiger partial charge in [0.2, 0.25) is 5.78 Å². The van der Waals surface area contributed by atoms with Crippen molar-refractivity contribution in [1.29, 1.82) is 0 Å². The Morgan fingerprint density at radius 1 is 1.42 bits per heavy atom. The van der Waals surface area contributed by atoms with E-state index in [1.54, 1.807) is 6.92 Å². The lowest BCUT2D eigenvalue weighted by Crippen LogP contribution is -2.29. The number of fused-ring (bicyclic) bond motifs is 1. The SMILES string of the molecule is CCOC(C)O[C@@H]1CC2OC(=O)CCC/C=C\CC2[C@H]1/C=C/C(=O)C(F)(F)CCCI. The Bertz CT molecular complexity index is 652. The van der Waals surface area contributed by atoms with Gasteiger partial charge in [-0.3, -0.25) is 9.59 Å². The molecule has 5 nitrogen and oxygen atoms in total. The van der Waals surface area contributed by atoms with E-state index in [2.05, 4.69) is 0 Å². The summed E-state index contributed by atoms with van der Waals surface area (Å²) in [7, 11) is 0. The second kappa shape index (κ2) is 13.0. The predicted molar refractivity (Wildman–Crippen MR) is 122 cm³/mol. The molecule has 1 aliphatic carbocycles. The van der Waals surface area contributed by atoms with E-state index in [1.807, 2.05) is 41.7 Å². The van der Waals surface area contributed by atoms with Crippen LogP contribution in [0.5, 0.6) is 0 Å². The Hall–Kier alpha value is -0.870. The zero-order valence-corrected chi connectivity index (χ0v) is 20.4. The molecule has 1 saturated carbocycles. The first-order chi connectivity index (χ1) is 14.8. The van der Waals surface area contributed by atoms with E-state index < -0.39 is 36.6 Å². The maximum Gasteiger partial charge on any atom is 0.309 e. The van der Waals surface area contributed by atoms with E-state index >= 15 is 0 Å². The fraction of sp³-hybridized carbons (Fsp3) is 0.739. The average Bonchev–Trinajstić information content (AvgIpc) is 3.03. The quantitative estimate of drug-likeness (QED) is 0.0903. The highest BCUT2D eigenvalue weighted by Gasteiger charge is 2.45. The summed E-state index contributed by atoms with van der Waals surface area (Å²) in [4.78, 5) is 24.4. The molecular weight excluding hydrogens is 521 g/mol. The van der Waals surface area contributed by atoms with E-state index in [4.69, 9.17) is 14.2 Å². The van der Waals surface area contributed by atoms with E-state index in [9.17, 15) is 18.4 Å². The molecule has 0 spiro atoms. The van der Waals surface area contributed by atoms with Crippen LogP contribution in [0.3, 0.4) is 0 Å². The number of alkyl halides is 3. The largest absolute Gasteiger partial charge is 0.462 e. The van der Waals surface area contributed by atoms with Crippen LogP contribution >= 0.6 is 22.6 Å². The molecule has 0 N–H and O–H groups in total. The monoisotopic (exact) mass is 554 g/mol. The molecule has 0 aromatic rings. The lowest BCUT2D eigenvalue weighted by Gasteiger charge is -2.25. The molecule has 8 heteroatoms. The number of ketones is 1. The lowest BCUT2D eigenvalue weighted by atomic mass is 9.89. The van der Waals surface area contributed by atoms with E-state index in [0.29, 0.717) is 30.3 Å². The molecule has 3 unspecified atom stereocenters. The van der Waals surface area contributed by atoms with Crippen LogP contribution in [0.2, 0.25) is 0 Å². The van der Waals surface area contributed by atoms with E-state index in [1.165, 1.54) is 6.08 Å². The van der Waals surface area contributed by atoms with Crippen molar-refractivity contribution in [2.45, 2.75) is 83.2 Å². The number of ether oxygens (including phenoxy) is 3. The molecule has 31 heavy (non-hydrogen) atoms. The summed E-state index contributed by atoms with van der Waals surface area (Å²) < 4.78 is 46.1. The van der Waals surface area contributed by atoms with Crippen molar-refractivity contribution >= 4 is 34.3 Å². The summed E-state index contributed by atoms with van der Waals surface area (Å²) in [6.45, 7) is 4.10. The predicted octanol–water partition coefficient (Wildman–Crippen LogP) is 5.41. The molecule has 2 aliphatic rings. The van der Waals surface area contributed by atoms with Crippen LogP contribution in [0.25, 0.3) is 0 Å². The Balaban J connectivity index is 2.23. The van der Waals surface area contributed by atoms with Crippen molar-refractivity contribution in [3.8, 4) is 0 Å². The summed E-state index contributed by atoms with van der Waals surface area (Å²) in [5.41, 5.74) is 0. The Kier molecular flexibility index (Phi) is 11.1. The van der Waals surface area contributed by atoms with Crippen molar-refractivity contribution in [3.05, 3.63) is 24.3 Å². The van der Waals surface area contributed by atoms with E-state index in [-0.39, 0.29) is 24.2 Å². The lowest BCUT2D eigenvalue weighted by molar-refractivity contribution is -0.164. The minimum atomic E-state index is -3.38. The standard InChI is InChI=1S/C23H33F2IO5/c1-3-29-16(2)30-19-15-20-17(9-6-4-5-7-10-22(28)31-20)18(19)11-12-21(27)23(24,25)13-8-14-26/h4,6,11-12,16-20H,3,5,7-10,13-15H2,1-2H3/b6-4-,12-11+/t16?,17?,18-,19-,20?/m1/s1. The number of carbonyl (C=O) groups excluding carboxylic acids is 2. The van der Waals surface area contributed by atoms with E-state index in [0.717, 1.165) is 18.9 Å². The third kappa shape index (κ3) is 8.20. The topological polar surface area (TPSA) is 61.8 Å². The molecule has 0 saturated heterocycles. The van der Waals surface area contributed by atoms with Crippen LogP contribution in [-0.4, -0.2) is 47.2 Å². The number of halogens is 3. The van der Waals surface area contributed by atoms with Gasteiger partial charge in [0, 0.05) is 37.7 Å². The van der Waals surface area contributed by atoms with Crippen molar-refractivity contribution in [2.75, 3.05) is 11.0 Å². The van der Waals surface area contributed by atoms with Gasteiger partial charge in [-0.15, -0.1) is 0 Å². The van der Waals surface area contributed by atoms with Gasteiger partial charge in [-0.1, -0.05) is 40.8 Å². The molecular formula is C23H33F2IO5. The zero-order chi connectivity index (χ0) is 22.9. The van der Waals surface area contributed by atoms with Crippen molar-refractivity contribution in [2.24, 2.45) is 11.8 Å². The van der Waals surface area contributed by atoms with Gasteiger partial charge in [-0.05, 0) is 50.0 Å². The molecule has 0 aromatic heterocycles. The zero-order valence-electron chi connectivity index (χ0n) is 18.2. The maximum atomic E-state index is 14.2. The van der Waals surface area contributed by atoms with Gasteiger partial charge in [0.15, 0.2) is 6.29 Å². The van der Waals surface area contributed by atoms with Crippen LogP contribution in [0.15, 0.2) is 24.3 Å². The molecule has 1 aliphatic heterocycles. The number of rotatable bonds is 10. The van der Waals surface area contributed by atoms with Crippen LogP contribution in [0.4, 0.5) is 8.78 Å². The second-order valence-electron chi connectivity index (χ2n) is 8.02. The Morgan fingerprint density at radius 2 is 2.19 bits per heavy atom. The molecule has 176 valence electrons. The first-order valence-corrected chi connectivity index (χ1v) is 12.6. The smallest absolute Gasteiger partial charge is 0.309 e. The highest BCUT2D eigenvalue weighted by molar-refractivity contribution is 14.1. The summed E-state index contributed by atoms with van der Waals surface area (Å²) >= 11 is 2.02. The summed E-state index contributed by atoms with van der Waals surface area (Å²) in [5.74, 6) is -5.31. The fourth-order valence-corrected chi connectivity index (χ4v) is 4.54. The van der Waals surface area contributed by atoms with Crippen molar-refractivity contribution in [3.63, 3.8) is 0 Å². The highest BCUT2D eigenvalue weighted by Crippen LogP contribution is 2.41. The number of carbonyl (C=O) groups is 2. The summed E-state index contributed by atoms with van der Waals surface area (Å²) in [6.07, 6.45) is 8.07. The highest BCUT2D eigenvalue weighted by atomic mass is 127. The van der Waals surface area contributed by atoms with Crippen LogP contribution in [-0.2, 0) is 23.8 Å². The number of esters is 1. The van der Waals surface area contributed by atoms with Gasteiger partial charge in [-0.2, -0.15) is 8.78 Å². The van der Waals surface area contributed by atoms with Crippen LogP contribution in [0, 0.1) is 11.8 Å². The molecule has 5 atom stereocenters. The first-order valence-electron chi connectivity index (χ1n) is 11.1. The number of hydrogen-bond donors (Lipinski definition) is 0. The van der Waals surface area contributed by atoms with Gasteiger partial charge in [-0.25, -0.2) is 0 Å². The van der Waals surface area contributed by atoms with Gasteiger partial charge < -0.3 is 14.2 Å². The molecule has 1 heterocycles. The Morgan fingerprint density at radius 3 is 2.90 bits per heavy atom. The molecule has 2 rings (SSSR count). The third-order valence-electron chi connectivity index (χ3n) is 5.70. The molecule has 0 aromatic carbocycles. The number of allylic oxidation sites excluding steroid dienone is 3. The maximum absolute atomic E-state index is 14.2. The number of hydrogen-bond acceptors (Lipinski definition) is 5.